The Morgan fingerprint density at radius 3 is 2.56 bits per heavy atom. The summed E-state index contributed by atoms with van der Waals surface area (Å²) in [7, 11) is 0. The number of hydrogen-bond acceptors (Lipinski definition) is 4. The number of rotatable bonds is 6. The Morgan fingerprint density at radius 1 is 1.20 bits per heavy atom. The fourth-order valence-electron chi connectivity index (χ4n) is 4.08. The van der Waals surface area contributed by atoms with Crippen molar-refractivity contribution < 1.29 is 4.79 Å². The predicted molar refractivity (Wildman–Crippen MR) is 100 cm³/mol. The molecule has 0 aromatic carbocycles. The Kier molecular flexibility index (Phi) is 6.07. The molecule has 0 unspecified atom stereocenters. The Hall–Kier alpha value is -1.46. The zero-order valence-electron chi connectivity index (χ0n) is 15.7. The summed E-state index contributed by atoms with van der Waals surface area (Å²) in [5.74, 6) is 0.397. The van der Waals surface area contributed by atoms with E-state index in [4.69, 9.17) is 0 Å². The molecule has 2 aliphatic heterocycles. The van der Waals surface area contributed by atoms with Crippen LogP contribution in [0.1, 0.15) is 45.1 Å². The molecule has 2 saturated heterocycles. The molecule has 5 heteroatoms. The second-order valence-corrected chi connectivity index (χ2v) is 8.27. The summed E-state index contributed by atoms with van der Waals surface area (Å²) in [4.78, 5) is 21.8. The molecule has 138 valence electrons. The van der Waals surface area contributed by atoms with Crippen molar-refractivity contribution >= 4 is 5.91 Å². The first-order valence-electron chi connectivity index (χ1n) is 9.67. The molecule has 2 fully saturated rings. The molecule has 1 N–H and O–H groups in total. The fraction of sp³-hybridized carbons (Fsp3) is 0.700. The maximum absolute atomic E-state index is 12.7. The minimum atomic E-state index is -0.145. The third-order valence-corrected chi connectivity index (χ3v) is 5.37. The van der Waals surface area contributed by atoms with E-state index in [1.807, 2.05) is 18.5 Å². The Bertz CT molecular complexity index is 546. The van der Waals surface area contributed by atoms with Crippen LogP contribution in [0.25, 0.3) is 0 Å². The second kappa shape index (κ2) is 8.28. The predicted octanol–water partition coefficient (Wildman–Crippen LogP) is 2.28. The van der Waals surface area contributed by atoms with Crippen molar-refractivity contribution in [3.8, 4) is 0 Å². The number of amides is 1. The molecule has 0 bridgehead atoms. The van der Waals surface area contributed by atoms with E-state index in [0.29, 0.717) is 0 Å². The average Bonchev–Trinajstić information content (AvgIpc) is 3.08. The molecule has 0 saturated carbocycles. The highest BCUT2D eigenvalue weighted by Crippen LogP contribution is 2.21. The van der Waals surface area contributed by atoms with Gasteiger partial charge >= 0.3 is 0 Å². The van der Waals surface area contributed by atoms with Gasteiger partial charge in [0.25, 0.3) is 0 Å². The van der Waals surface area contributed by atoms with Gasteiger partial charge < -0.3 is 10.2 Å². The van der Waals surface area contributed by atoms with E-state index in [2.05, 4.69) is 40.0 Å². The van der Waals surface area contributed by atoms with Crippen LogP contribution >= 0.6 is 0 Å². The smallest absolute Gasteiger partial charge is 0.223 e. The van der Waals surface area contributed by atoms with Gasteiger partial charge in [0.05, 0.1) is 0 Å². The lowest BCUT2D eigenvalue weighted by Gasteiger charge is -2.35. The summed E-state index contributed by atoms with van der Waals surface area (Å²) < 4.78 is 0. The van der Waals surface area contributed by atoms with Gasteiger partial charge in [0.15, 0.2) is 0 Å². The molecule has 25 heavy (non-hydrogen) atoms. The van der Waals surface area contributed by atoms with Crippen molar-refractivity contribution in [1.82, 2.24) is 20.1 Å². The summed E-state index contributed by atoms with van der Waals surface area (Å²) in [5, 5.41) is 3.31. The number of pyridine rings is 1. The van der Waals surface area contributed by atoms with Crippen LogP contribution < -0.4 is 5.32 Å². The second-order valence-electron chi connectivity index (χ2n) is 8.27. The van der Waals surface area contributed by atoms with Gasteiger partial charge in [-0.15, -0.1) is 0 Å². The number of nitrogens with one attached hydrogen (secondary N) is 1. The van der Waals surface area contributed by atoms with Gasteiger partial charge in [-0.2, -0.15) is 0 Å². The number of aromatic nitrogens is 1. The van der Waals surface area contributed by atoms with Crippen molar-refractivity contribution in [3.63, 3.8) is 0 Å². The SMILES string of the molecule is CC(C)(CN1CCCC1)NC(=O)C1CCN(Cc2cccnc2)CC1. The van der Waals surface area contributed by atoms with Crippen molar-refractivity contribution in [2.75, 3.05) is 32.7 Å². The molecule has 5 nitrogen and oxygen atoms in total. The van der Waals surface area contributed by atoms with Gasteiger partial charge in [0, 0.05) is 36.9 Å². The molecule has 0 aliphatic carbocycles. The van der Waals surface area contributed by atoms with Gasteiger partial charge in [-0.1, -0.05) is 6.07 Å². The maximum Gasteiger partial charge on any atom is 0.223 e. The first-order chi connectivity index (χ1) is 12.0. The molecule has 0 atom stereocenters. The fourth-order valence-corrected chi connectivity index (χ4v) is 4.08. The Labute approximate surface area is 151 Å². The van der Waals surface area contributed by atoms with Crippen LogP contribution in [-0.4, -0.2) is 59.0 Å². The monoisotopic (exact) mass is 344 g/mol. The van der Waals surface area contributed by atoms with Crippen LogP contribution in [0, 0.1) is 5.92 Å². The highest BCUT2D eigenvalue weighted by Gasteiger charge is 2.30. The van der Waals surface area contributed by atoms with Gasteiger partial charge in [-0.3, -0.25) is 14.7 Å². The number of carbonyl (C=O) groups excluding carboxylic acids is 1. The number of nitrogens with zero attached hydrogens (tertiary/aromatic N) is 3. The highest BCUT2D eigenvalue weighted by atomic mass is 16.2. The minimum absolute atomic E-state index is 0.145. The topological polar surface area (TPSA) is 48.5 Å². The lowest BCUT2D eigenvalue weighted by atomic mass is 9.93. The van der Waals surface area contributed by atoms with Crippen LogP contribution in [0.4, 0.5) is 0 Å². The van der Waals surface area contributed by atoms with Crippen molar-refractivity contribution in [1.29, 1.82) is 0 Å². The highest BCUT2D eigenvalue weighted by molar-refractivity contribution is 5.79. The van der Waals surface area contributed by atoms with Gasteiger partial charge in [-0.25, -0.2) is 0 Å². The van der Waals surface area contributed by atoms with Gasteiger partial charge in [-0.05, 0) is 77.3 Å². The van der Waals surface area contributed by atoms with Crippen molar-refractivity contribution in [2.45, 2.75) is 51.6 Å². The quantitative estimate of drug-likeness (QED) is 0.860. The van der Waals surface area contributed by atoms with Crippen LogP contribution in [0.2, 0.25) is 0 Å². The molecular formula is C20H32N4O. The summed E-state index contributed by atoms with van der Waals surface area (Å²) in [5.41, 5.74) is 1.10. The van der Waals surface area contributed by atoms with E-state index in [0.717, 1.165) is 39.0 Å². The minimum Gasteiger partial charge on any atom is -0.350 e. The van der Waals surface area contributed by atoms with E-state index < -0.39 is 0 Å². The number of likely N-dealkylation sites (tertiary alicyclic amines) is 2. The number of piperidine rings is 1. The summed E-state index contributed by atoms with van der Waals surface area (Å²) in [6.07, 6.45) is 8.22. The molecule has 1 aromatic heterocycles. The maximum atomic E-state index is 12.7. The molecular weight excluding hydrogens is 312 g/mol. The van der Waals surface area contributed by atoms with E-state index in [1.54, 1.807) is 0 Å². The van der Waals surface area contributed by atoms with Crippen molar-refractivity contribution in [3.05, 3.63) is 30.1 Å². The van der Waals surface area contributed by atoms with Crippen molar-refractivity contribution in [2.24, 2.45) is 5.92 Å². The zero-order valence-corrected chi connectivity index (χ0v) is 15.7. The van der Waals surface area contributed by atoms with Gasteiger partial charge in [0.1, 0.15) is 0 Å². The third-order valence-electron chi connectivity index (χ3n) is 5.37. The summed E-state index contributed by atoms with van der Waals surface area (Å²) in [6, 6.07) is 4.10. The Morgan fingerprint density at radius 2 is 1.92 bits per heavy atom. The molecule has 2 aliphatic rings. The van der Waals surface area contributed by atoms with Crippen LogP contribution in [0.3, 0.4) is 0 Å². The molecule has 3 rings (SSSR count). The first-order valence-corrected chi connectivity index (χ1v) is 9.67. The zero-order chi connectivity index (χ0) is 17.7. The largest absolute Gasteiger partial charge is 0.350 e. The van der Waals surface area contributed by atoms with E-state index in [-0.39, 0.29) is 17.4 Å². The molecule has 0 radical (unpaired) electrons. The van der Waals surface area contributed by atoms with E-state index in [1.165, 1.54) is 31.5 Å². The van der Waals surface area contributed by atoms with Crippen LogP contribution in [-0.2, 0) is 11.3 Å². The molecule has 1 aromatic rings. The third kappa shape index (κ3) is 5.51. The molecule has 0 spiro atoms. The number of carbonyl (C=O) groups is 1. The Balaban J connectivity index is 1.43. The molecule has 1 amide bonds. The van der Waals surface area contributed by atoms with Gasteiger partial charge in [0.2, 0.25) is 5.91 Å². The lowest BCUT2D eigenvalue weighted by Crippen LogP contribution is -2.53. The summed E-state index contributed by atoms with van der Waals surface area (Å²) >= 11 is 0. The van der Waals surface area contributed by atoms with E-state index in [9.17, 15) is 4.79 Å². The van der Waals surface area contributed by atoms with Crippen LogP contribution in [0.15, 0.2) is 24.5 Å². The number of hydrogen-bond donors (Lipinski definition) is 1. The summed E-state index contributed by atoms with van der Waals surface area (Å²) in [6.45, 7) is 10.5. The first kappa shape index (κ1) is 18.3. The average molecular weight is 345 g/mol. The standard InChI is InChI=1S/C20H32N4O/c1-20(2,16-24-10-3-4-11-24)22-19(25)18-7-12-23(13-8-18)15-17-6-5-9-21-14-17/h5-6,9,14,18H,3-4,7-8,10-13,15-16H2,1-2H3,(H,22,25). The normalized spacial score (nSPS) is 20.7. The molecule has 3 heterocycles. The van der Waals surface area contributed by atoms with Crippen LogP contribution in [0.5, 0.6) is 0 Å². The lowest BCUT2D eigenvalue weighted by molar-refractivity contribution is -0.128. The van der Waals surface area contributed by atoms with E-state index >= 15 is 0 Å².